The Kier molecular flexibility index (Phi) is 9.54. The predicted molar refractivity (Wildman–Crippen MR) is 129 cm³/mol. The Morgan fingerprint density at radius 3 is 2.60 bits per heavy atom. The number of rotatable bonds is 6. The van der Waals surface area contributed by atoms with Gasteiger partial charge in [0.1, 0.15) is 5.82 Å². The van der Waals surface area contributed by atoms with Gasteiger partial charge < -0.3 is 20.1 Å². The molecule has 0 unspecified atom stereocenters. The van der Waals surface area contributed by atoms with Gasteiger partial charge in [0.15, 0.2) is 11.8 Å². The minimum Gasteiger partial charge on any atom is -0.357 e. The van der Waals surface area contributed by atoms with Crippen LogP contribution in [0.3, 0.4) is 0 Å². The fraction of sp³-hybridized carbons (Fsp3) is 0.524. The number of guanidine groups is 1. The smallest absolute Gasteiger partial charge is 0.253 e. The number of fused-ring (bicyclic) bond motifs is 1. The molecule has 2 aromatic rings. The van der Waals surface area contributed by atoms with Crippen molar-refractivity contribution in [1.82, 2.24) is 30.3 Å². The van der Waals surface area contributed by atoms with Crippen LogP contribution in [0.25, 0.3) is 0 Å². The van der Waals surface area contributed by atoms with E-state index in [1.54, 1.807) is 19.0 Å². The number of hydrogen-bond donors (Lipinski definition) is 2. The van der Waals surface area contributed by atoms with Gasteiger partial charge >= 0.3 is 0 Å². The standard InChI is InChI=1S/C21H31N7O.HI/c1-4-22-21(23-14-16-9-11-17(12-10-16)20(29)27(2)3)24-15-19-26-25-18-8-6-5-7-13-28(18)19;/h9-12H,4-8,13-15H2,1-3H3,(H2,22,23,24);1H. The topological polar surface area (TPSA) is 87.4 Å². The molecule has 0 saturated heterocycles. The largest absolute Gasteiger partial charge is 0.357 e. The van der Waals surface area contributed by atoms with E-state index in [1.807, 2.05) is 31.2 Å². The quantitative estimate of drug-likeness (QED) is 0.344. The fourth-order valence-electron chi connectivity index (χ4n) is 3.36. The number of nitrogens with one attached hydrogen (secondary N) is 2. The summed E-state index contributed by atoms with van der Waals surface area (Å²) in [5, 5.41) is 15.3. The Hall–Kier alpha value is -2.17. The molecule has 0 fully saturated rings. The molecular formula is C21H32IN7O. The van der Waals surface area contributed by atoms with E-state index in [1.165, 1.54) is 19.3 Å². The second kappa shape index (κ2) is 11.9. The average molecular weight is 525 g/mol. The highest BCUT2D eigenvalue weighted by atomic mass is 127. The van der Waals surface area contributed by atoms with Crippen molar-refractivity contribution in [2.75, 3.05) is 20.6 Å². The predicted octanol–water partition coefficient (Wildman–Crippen LogP) is 2.58. The Balaban J connectivity index is 0.00000320. The van der Waals surface area contributed by atoms with Crippen molar-refractivity contribution in [3.05, 3.63) is 47.0 Å². The average Bonchev–Trinajstić information content (AvgIpc) is 2.95. The van der Waals surface area contributed by atoms with Crippen LogP contribution in [-0.4, -0.2) is 52.2 Å². The lowest BCUT2D eigenvalue weighted by atomic mass is 10.1. The summed E-state index contributed by atoms with van der Waals surface area (Å²) < 4.78 is 2.24. The van der Waals surface area contributed by atoms with E-state index in [9.17, 15) is 4.79 Å². The first kappa shape index (κ1) is 24.1. The number of carbonyl (C=O) groups excluding carboxylic acids is 1. The van der Waals surface area contributed by atoms with Crippen LogP contribution in [0.1, 0.15) is 53.8 Å². The SMILES string of the molecule is CCNC(=NCc1ccc(C(=O)N(C)C)cc1)NCc1nnc2n1CCCCC2.I. The van der Waals surface area contributed by atoms with E-state index in [4.69, 9.17) is 0 Å². The number of aliphatic imine (C=N–C) groups is 1. The number of amides is 1. The molecule has 1 aliphatic rings. The lowest BCUT2D eigenvalue weighted by Gasteiger charge is -2.13. The molecule has 1 amide bonds. The van der Waals surface area contributed by atoms with Gasteiger partial charge in [-0.05, 0) is 37.5 Å². The molecule has 9 heteroatoms. The third kappa shape index (κ3) is 6.41. The third-order valence-electron chi connectivity index (χ3n) is 4.97. The summed E-state index contributed by atoms with van der Waals surface area (Å²) >= 11 is 0. The van der Waals surface area contributed by atoms with E-state index in [2.05, 4.69) is 30.4 Å². The van der Waals surface area contributed by atoms with Gasteiger partial charge in [0.2, 0.25) is 0 Å². The molecule has 0 saturated carbocycles. The maximum Gasteiger partial charge on any atom is 0.253 e. The molecule has 0 spiro atoms. The minimum absolute atomic E-state index is 0. The number of aryl methyl sites for hydroxylation is 1. The molecule has 2 N–H and O–H groups in total. The summed E-state index contributed by atoms with van der Waals surface area (Å²) in [6.45, 7) is 4.94. The van der Waals surface area contributed by atoms with Crippen molar-refractivity contribution in [3.8, 4) is 0 Å². The van der Waals surface area contributed by atoms with Gasteiger partial charge in [-0.15, -0.1) is 34.2 Å². The minimum atomic E-state index is 0. The molecule has 164 valence electrons. The van der Waals surface area contributed by atoms with Crippen LogP contribution in [-0.2, 0) is 26.1 Å². The van der Waals surface area contributed by atoms with Gasteiger partial charge in [0.05, 0.1) is 13.1 Å². The summed E-state index contributed by atoms with van der Waals surface area (Å²) in [6, 6.07) is 7.59. The van der Waals surface area contributed by atoms with Gasteiger partial charge in [-0.2, -0.15) is 0 Å². The third-order valence-corrected chi connectivity index (χ3v) is 4.97. The summed E-state index contributed by atoms with van der Waals surface area (Å²) in [7, 11) is 3.51. The summed E-state index contributed by atoms with van der Waals surface area (Å²) in [5.74, 6) is 2.79. The number of benzene rings is 1. The maximum atomic E-state index is 12.0. The van der Waals surface area contributed by atoms with Gasteiger partial charge in [0, 0.05) is 39.2 Å². The number of nitrogens with zero attached hydrogens (tertiary/aromatic N) is 5. The Labute approximate surface area is 195 Å². The lowest BCUT2D eigenvalue weighted by Crippen LogP contribution is -2.37. The fourth-order valence-corrected chi connectivity index (χ4v) is 3.36. The summed E-state index contributed by atoms with van der Waals surface area (Å²) in [6.07, 6.45) is 4.62. The maximum absolute atomic E-state index is 12.0. The monoisotopic (exact) mass is 525 g/mol. The van der Waals surface area contributed by atoms with Gasteiger partial charge in [-0.25, -0.2) is 4.99 Å². The van der Waals surface area contributed by atoms with Crippen LogP contribution in [0, 0.1) is 0 Å². The van der Waals surface area contributed by atoms with Gasteiger partial charge in [0.25, 0.3) is 5.91 Å². The first-order valence-electron chi connectivity index (χ1n) is 10.3. The normalized spacial score (nSPS) is 13.6. The van der Waals surface area contributed by atoms with Crippen LogP contribution < -0.4 is 10.6 Å². The highest BCUT2D eigenvalue weighted by Gasteiger charge is 2.14. The molecule has 0 atom stereocenters. The van der Waals surface area contributed by atoms with Crippen molar-refractivity contribution < 1.29 is 4.79 Å². The molecule has 2 heterocycles. The van der Waals surface area contributed by atoms with Crippen LogP contribution in [0.15, 0.2) is 29.3 Å². The Morgan fingerprint density at radius 2 is 1.90 bits per heavy atom. The van der Waals surface area contributed by atoms with Crippen molar-refractivity contribution in [2.45, 2.75) is 52.2 Å². The van der Waals surface area contributed by atoms with Crippen molar-refractivity contribution >= 4 is 35.8 Å². The number of halogens is 1. The second-order valence-electron chi connectivity index (χ2n) is 7.44. The van der Waals surface area contributed by atoms with Crippen LogP contribution in [0.2, 0.25) is 0 Å². The molecule has 1 aliphatic heterocycles. The zero-order valence-electron chi connectivity index (χ0n) is 18.0. The molecule has 0 radical (unpaired) electrons. The summed E-state index contributed by atoms with van der Waals surface area (Å²) in [4.78, 5) is 18.2. The van der Waals surface area contributed by atoms with E-state index in [0.29, 0.717) is 18.7 Å². The van der Waals surface area contributed by atoms with E-state index in [-0.39, 0.29) is 29.9 Å². The number of hydrogen-bond acceptors (Lipinski definition) is 4. The van der Waals surface area contributed by atoms with Crippen molar-refractivity contribution in [1.29, 1.82) is 0 Å². The molecule has 0 bridgehead atoms. The first-order valence-corrected chi connectivity index (χ1v) is 10.3. The first-order chi connectivity index (χ1) is 14.1. The second-order valence-corrected chi connectivity index (χ2v) is 7.44. The van der Waals surface area contributed by atoms with Crippen LogP contribution >= 0.6 is 24.0 Å². The van der Waals surface area contributed by atoms with Gasteiger partial charge in [-0.1, -0.05) is 18.6 Å². The molecule has 0 aliphatic carbocycles. The molecule has 8 nitrogen and oxygen atoms in total. The zero-order chi connectivity index (χ0) is 20.6. The lowest BCUT2D eigenvalue weighted by molar-refractivity contribution is 0.0827. The van der Waals surface area contributed by atoms with E-state index < -0.39 is 0 Å². The highest BCUT2D eigenvalue weighted by molar-refractivity contribution is 14.0. The van der Waals surface area contributed by atoms with Crippen molar-refractivity contribution in [2.24, 2.45) is 4.99 Å². The highest BCUT2D eigenvalue weighted by Crippen LogP contribution is 2.14. The molecule has 1 aromatic heterocycles. The molecule has 3 rings (SSSR count). The van der Waals surface area contributed by atoms with Gasteiger partial charge in [-0.3, -0.25) is 4.79 Å². The van der Waals surface area contributed by atoms with Crippen molar-refractivity contribution in [3.63, 3.8) is 0 Å². The van der Waals surface area contributed by atoms with Crippen LogP contribution in [0.5, 0.6) is 0 Å². The van der Waals surface area contributed by atoms with E-state index in [0.717, 1.165) is 42.7 Å². The molecule has 30 heavy (non-hydrogen) atoms. The number of carbonyl (C=O) groups is 1. The molecular weight excluding hydrogens is 493 g/mol. The Morgan fingerprint density at radius 1 is 1.13 bits per heavy atom. The van der Waals surface area contributed by atoms with Crippen LogP contribution in [0.4, 0.5) is 0 Å². The zero-order valence-corrected chi connectivity index (χ0v) is 20.3. The Bertz CT molecular complexity index is 846. The summed E-state index contributed by atoms with van der Waals surface area (Å²) in [5.41, 5.74) is 1.73. The van der Waals surface area contributed by atoms with E-state index >= 15 is 0 Å². The molecule has 1 aromatic carbocycles. The number of aromatic nitrogens is 3.